The molecule has 0 fully saturated rings. The second kappa shape index (κ2) is 81.4. The lowest BCUT2D eigenvalue weighted by Gasteiger charge is -2.21. The van der Waals surface area contributed by atoms with Gasteiger partial charge in [0, 0.05) is 25.7 Å². The molecule has 2 unspecified atom stereocenters. The molecule has 0 spiro atoms. The summed E-state index contributed by atoms with van der Waals surface area (Å²) in [5.74, 6) is 1.09. The monoisotopic (exact) mass is 1630 g/mol. The van der Waals surface area contributed by atoms with Crippen LogP contribution in [0.15, 0.2) is 0 Å². The van der Waals surface area contributed by atoms with Crippen molar-refractivity contribution in [2.45, 2.75) is 510 Å². The Morgan fingerprint density at radius 2 is 0.375 bits per heavy atom. The maximum atomic E-state index is 13.2. The van der Waals surface area contributed by atoms with Crippen LogP contribution in [0.1, 0.15) is 492 Å². The second-order valence-corrected chi connectivity index (χ2v) is 38.2. The largest absolute Gasteiger partial charge is 0.472 e. The van der Waals surface area contributed by atoms with Gasteiger partial charge in [-0.05, 0) is 49.4 Å². The molecule has 0 aromatic rings. The number of phosphoric ester groups is 2. The van der Waals surface area contributed by atoms with Crippen molar-refractivity contribution in [1.82, 2.24) is 0 Å². The number of hydrogen-bond donors (Lipinski definition) is 3. The maximum absolute atomic E-state index is 13.2. The molecule has 3 N–H and O–H groups in total. The number of unbranched alkanes of at least 4 members (excludes halogenated alkanes) is 56. The molecule has 5 atom stereocenters. The zero-order valence-corrected chi connectivity index (χ0v) is 76.1. The van der Waals surface area contributed by atoms with Crippen LogP contribution in [0.3, 0.4) is 0 Å². The minimum atomic E-state index is -4.97. The summed E-state index contributed by atoms with van der Waals surface area (Å²) < 4.78 is 69.1. The van der Waals surface area contributed by atoms with Crippen LogP contribution < -0.4 is 0 Å². The van der Waals surface area contributed by atoms with E-state index in [1.807, 2.05) is 0 Å². The van der Waals surface area contributed by atoms with Gasteiger partial charge in [0.05, 0.1) is 26.4 Å². The molecule has 19 heteroatoms. The summed E-state index contributed by atoms with van der Waals surface area (Å²) in [4.78, 5) is 73.5. The number of phosphoric acid groups is 2. The van der Waals surface area contributed by atoms with Crippen LogP contribution in [-0.4, -0.2) is 96.7 Å². The Morgan fingerprint density at radius 3 is 0.554 bits per heavy atom. The molecule has 0 aliphatic rings. The predicted octanol–water partition coefficient (Wildman–Crippen LogP) is 28.7. The molecule has 666 valence electrons. The van der Waals surface area contributed by atoms with Gasteiger partial charge in [0.15, 0.2) is 12.2 Å². The van der Waals surface area contributed by atoms with Gasteiger partial charge in [-0.25, -0.2) is 9.13 Å². The van der Waals surface area contributed by atoms with E-state index in [0.717, 1.165) is 114 Å². The van der Waals surface area contributed by atoms with Crippen molar-refractivity contribution in [2.24, 2.45) is 23.7 Å². The molecule has 0 saturated carbocycles. The number of hydrogen-bond acceptors (Lipinski definition) is 15. The lowest BCUT2D eigenvalue weighted by molar-refractivity contribution is -0.161. The molecule has 0 rings (SSSR count). The van der Waals surface area contributed by atoms with Crippen LogP contribution in [0.25, 0.3) is 0 Å². The fourth-order valence-electron chi connectivity index (χ4n) is 14.6. The topological polar surface area (TPSA) is 237 Å². The quantitative estimate of drug-likeness (QED) is 0.0222. The molecule has 0 aromatic heterocycles. The second-order valence-electron chi connectivity index (χ2n) is 35.3. The lowest BCUT2D eigenvalue weighted by atomic mass is 10.0. The highest BCUT2D eigenvalue weighted by Gasteiger charge is 2.31. The molecule has 112 heavy (non-hydrogen) atoms. The van der Waals surface area contributed by atoms with Gasteiger partial charge in [-0.3, -0.25) is 37.3 Å². The highest BCUT2D eigenvalue weighted by atomic mass is 31.2. The smallest absolute Gasteiger partial charge is 0.462 e. The number of carbonyl (C=O) groups excluding carboxylic acids is 4. The third-order valence-electron chi connectivity index (χ3n) is 21.8. The van der Waals surface area contributed by atoms with Gasteiger partial charge in [-0.15, -0.1) is 0 Å². The SMILES string of the molecule is CC(C)CCCCCCCCCCCCCCCCCCCCC(=O)OC[C@H](COP(=O)(O)OC[C@@H](O)COP(=O)(O)OC[C@@H](COC(=O)CCCCCCCCCCCC(C)C)OC(=O)CCCCCCCCCCCCCCCCCC(C)C)OC(=O)CCCCCCCCCCCCCCCCCCCCC(C)C. The zero-order chi connectivity index (χ0) is 82.3. The van der Waals surface area contributed by atoms with E-state index in [2.05, 4.69) is 55.4 Å². The van der Waals surface area contributed by atoms with E-state index in [-0.39, 0.29) is 25.7 Å². The van der Waals surface area contributed by atoms with Crippen LogP contribution in [0, 0.1) is 23.7 Å². The number of ether oxygens (including phenoxy) is 4. The molecular weight excluding hydrogens is 1450 g/mol. The first-order valence-electron chi connectivity index (χ1n) is 47.7. The Balaban J connectivity index is 5.25. The Morgan fingerprint density at radius 1 is 0.223 bits per heavy atom. The van der Waals surface area contributed by atoms with E-state index in [1.165, 1.54) is 295 Å². The van der Waals surface area contributed by atoms with Gasteiger partial charge in [-0.1, -0.05) is 441 Å². The van der Waals surface area contributed by atoms with E-state index in [0.29, 0.717) is 25.7 Å². The summed E-state index contributed by atoms with van der Waals surface area (Å²) in [6.45, 7) is 14.4. The first kappa shape index (κ1) is 110. The van der Waals surface area contributed by atoms with Gasteiger partial charge < -0.3 is 33.8 Å². The fourth-order valence-corrected chi connectivity index (χ4v) is 16.1. The van der Waals surface area contributed by atoms with Crippen molar-refractivity contribution >= 4 is 39.5 Å². The number of esters is 4. The van der Waals surface area contributed by atoms with Gasteiger partial charge in [0.1, 0.15) is 19.3 Å². The van der Waals surface area contributed by atoms with Crippen molar-refractivity contribution < 1.29 is 80.2 Å². The first-order valence-corrected chi connectivity index (χ1v) is 50.7. The van der Waals surface area contributed by atoms with Crippen molar-refractivity contribution in [3.05, 3.63) is 0 Å². The van der Waals surface area contributed by atoms with Crippen LogP contribution in [-0.2, 0) is 65.4 Å². The van der Waals surface area contributed by atoms with E-state index in [1.54, 1.807) is 0 Å². The fraction of sp³-hybridized carbons (Fsp3) is 0.957. The summed E-state index contributed by atoms with van der Waals surface area (Å²) in [7, 11) is -9.94. The Hall–Kier alpha value is -1.94. The molecule has 0 radical (unpaired) electrons. The third kappa shape index (κ3) is 85.9. The molecule has 0 aromatic carbocycles. The van der Waals surface area contributed by atoms with Crippen molar-refractivity contribution in [3.8, 4) is 0 Å². The highest BCUT2D eigenvalue weighted by Crippen LogP contribution is 2.45. The first-order chi connectivity index (χ1) is 54.1. The number of carbonyl (C=O) groups is 4. The van der Waals surface area contributed by atoms with Gasteiger partial charge in [0.2, 0.25) is 0 Å². The molecule has 0 aliphatic heterocycles. The molecule has 0 bridgehead atoms. The highest BCUT2D eigenvalue weighted by molar-refractivity contribution is 7.47. The van der Waals surface area contributed by atoms with E-state index in [9.17, 15) is 43.2 Å². The van der Waals surface area contributed by atoms with Gasteiger partial charge >= 0.3 is 39.5 Å². The van der Waals surface area contributed by atoms with Crippen molar-refractivity contribution in [1.29, 1.82) is 0 Å². The summed E-state index contributed by atoms with van der Waals surface area (Å²) in [6.07, 6.45) is 73.7. The number of aliphatic hydroxyl groups is 1. The molecule has 17 nitrogen and oxygen atoms in total. The van der Waals surface area contributed by atoms with Crippen molar-refractivity contribution in [2.75, 3.05) is 39.6 Å². The summed E-state index contributed by atoms with van der Waals surface area (Å²) in [5.41, 5.74) is 0. The minimum Gasteiger partial charge on any atom is -0.462 e. The zero-order valence-electron chi connectivity index (χ0n) is 74.3. The molecule has 0 amide bonds. The third-order valence-corrected chi connectivity index (χ3v) is 23.7. The van der Waals surface area contributed by atoms with Crippen LogP contribution in [0.5, 0.6) is 0 Å². The molecule has 0 aliphatic carbocycles. The summed E-state index contributed by atoms with van der Waals surface area (Å²) >= 11 is 0. The van der Waals surface area contributed by atoms with E-state index < -0.39 is 97.5 Å². The standard InChI is InChI=1S/C93H182O17P2/c1-83(2)69-61-53-45-37-30-24-18-13-9-11-15-21-27-33-41-49-57-65-73-90(95)103-79-88(109-92(97)75-67-59-51-42-34-28-22-16-12-10-14-19-25-31-38-46-54-62-70-84(3)4)81-107-111(99,100)105-77-87(94)78-106-112(101,102)108-82-89(80-104-91(96)74-66-58-50-44-36-40-48-56-64-72-86(7)8)110-93(98)76-68-60-52-43-35-29-23-17-20-26-32-39-47-55-63-71-85(5)6/h83-89,94H,9-82H2,1-8H3,(H,99,100)(H,101,102)/t87-,88-,89-/m1/s1. The maximum Gasteiger partial charge on any atom is 0.472 e. The minimum absolute atomic E-state index is 0.107. The Kier molecular flexibility index (Phi) is 80.0. The normalized spacial score (nSPS) is 13.8. The average Bonchev–Trinajstić information content (AvgIpc) is 0.898. The van der Waals surface area contributed by atoms with E-state index in [4.69, 9.17) is 37.0 Å². The molecule has 0 saturated heterocycles. The lowest BCUT2D eigenvalue weighted by Crippen LogP contribution is -2.30. The van der Waals surface area contributed by atoms with Gasteiger partial charge in [0.25, 0.3) is 0 Å². The van der Waals surface area contributed by atoms with Crippen molar-refractivity contribution in [3.63, 3.8) is 0 Å². The van der Waals surface area contributed by atoms with E-state index >= 15 is 0 Å². The Labute approximate surface area is 689 Å². The number of rotatable bonds is 90. The summed E-state index contributed by atoms with van der Waals surface area (Å²) in [6, 6.07) is 0. The van der Waals surface area contributed by atoms with Crippen LogP contribution in [0.4, 0.5) is 0 Å². The van der Waals surface area contributed by atoms with Crippen LogP contribution >= 0.6 is 15.6 Å². The van der Waals surface area contributed by atoms with Crippen LogP contribution in [0.2, 0.25) is 0 Å². The predicted molar refractivity (Wildman–Crippen MR) is 464 cm³/mol. The molecular formula is C93H182O17P2. The Bertz CT molecular complexity index is 2160. The van der Waals surface area contributed by atoms with Gasteiger partial charge in [-0.2, -0.15) is 0 Å². The average molecular weight is 1630 g/mol. The molecule has 0 heterocycles. The number of aliphatic hydroxyl groups excluding tert-OH is 1. The summed E-state index contributed by atoms with van der Waals surface area (Å²) in [5, 5.41) is 10.7.